The topological polar surface area (TPSA) is 25.2 Å². The minimum absolute atomic E-state index is 0.142. The lowest BCUT2D eigenvalue weighted by molar-refractivity contribution is 0.428. The molecule has 0 spiro atoms. The zero-order chi connectivity index (χ0) is 13.1. The summed E-state index contributed by atoms with van der Waals surface area (Å²) in [4.78, 5) is 2.59. The van der Waals surface area contributed by atoms with Crippen LogP contribution in [0.15, 0.2) is 27.1 Å². The third-order valence-electron chi connectivity index (χ3n) is 2.82. The SMILES string of the molecule is CCNC(c1ccc(CC)o1)c1sc(C)cc1Br. The molecule has 98 valence electrons. The maximum Gasteiger partial charge on any atom is 0.126 e. The molecule has 0 radical (unpaired) electrons. The molecule has 0 aliphatic carbocycles. The number of halogens is 1. The summed E-state index contributed by atoms with van der Waals surface area (Å²) < 4.78 is 7.05. The van der Waals surface area contributed by atoms with Crippen LogP contribution in [0.3, 0.4) is 0 Å². The first-order valence-corrected chi connectivity index (χ1v) is 7.84. The van der Waals surface area contributed by atoms with E-state index >= 15 is 0 Å². The lowest BCUT2D eigenvalue weighted by atomic mass is 10.2. The summed E-state index contributed by atoms with van der Waals surface area (Å²) in [5.41, 5.74) is 0. The third-order valence-corrected chi connectivity index (χ3v) is 4.86. The van der Waals surface area contributed by atoms with E-state index in [1.807, 2.05) is 0 Å². The maximum atomic E-state index is 5.89. The van der Waals surface area contributed by atoms with Gasteiger partial charge in [-0.1, -0.05) is 13.8 Å². The van der Waals surface area contributed by atoms with E-state index < -0.39 is 0 Å². The molecule has 2 aromatic rings. The van der Waals surface area contributed by atoms with Crippen molar-refractivity contribution in [3.63, 3.8) is 0 Å². The Morgan fingerprint density at radius 3 is 2.67 bits per heavy atom. The molecule has 2 aromatic heterocycles. The van der Waals surface area contributed by atoms with Crippen LogP contribution < -0.4 is 5.32 Å². The first-order valence-electron chi connectivity index (χ1n) is 6.23. The van der Waals surface area contributed by atoms with Crippen LogP contribution in [0, 0.1) is 6.92 Å². The molecule has 0 aromatic carbocycles. The fourth-order valence-electron chi connectivity index (χ4n) is 1.96. The van der Waals surface area contributed by atoms with Crippen LogP contribution in [0.4, 0.5) is 0 Å². The molecule has 0 amide bonds. The highest BCUT2D eigenvalue weighted by Crippen LogP contribution is 2.36. The summed E-state index contributed by atoms with van der Waals surface area (Å²) in [6, 6.07) is 6.44. The van der Waals surface area contributed by atoms with Gasteiger partial charge in [-0.3, -0.25) is 0 Å². The molecule has 0 saturated heterocycles. The van der Waals surface area contributed by atoms with Crippen molar-refractivity contribution in [3.8, 4) is 0 Å². The van der Waals surface area contributed by atoms with E-state index in [4.69, 9.17) is 4.42 Å². The number of aryl methyl sites for hydroxylation is 2. The number of nitrogens with one attached hydrogen (secondary N) is 1. The predicted octanol–water partition coefficient (Wildman–Crippen LogP) is 4.67. The Morgan fingerprint density at radius 1 is 1.39 bits per heavy atom. The summed E-state index contributed by atoms with van der Waals surface area (Å²) >= 11 is 5.44. The highest BCUT2D eigenvalue weighted by molar-refractivity contribution is 9.10. The molecule has 2 heterocycles. The van der Waals surface area contributed by atoms with E-state index in [2.05, 4.69) is 60.2 Å². The average molecular weight is 328 g/mol. The van der Waals surface area contributed by atoms with Gasteiger partial charge in [-0.2, -0.15) is 0 Å². The van der Waals surface area contributed by atoms with Crippen molar-refractivity contribution < 1.29 is 4.42 Å². The van der Waals surface area contributed by atoms with Gasteiger partial charge < -0.3 is 9.73 Å². The van der Waals surface area contributed by atoms with E-state index in [1.165, 1.54) is 9.75 Å². The number of rotatable bonds is 5. The van der Waals surface area contributed by atoms with Gasteiger partial charge in [0.1, 0.15) is 17.6 Å². The average Bonchev–Trinajstić information content (AvgIpc) is 2.93. The summed E-state index contributed by atoms with van der Waals surface area (Å²) in [6.45, 7) is 7.26. The molecule has 18 heavy (non-hydrogen) atoms. The van der Waals surface area contributed by atoms with E-state index in [-0.39, 0.29) is 6.04 Å². The smallest absolute Gasteiger partial charge is 0.126 e. The molecular weight excluding hydrogens is 310 g/mol. The van der Waals surface area contributed by atoms with Crippen LogP contribution in [0.5, 0.6) is 0 Å². The molecule has 2 nitrogen and oxygen atoms in total. The van der Waals surface area contributed by atoms with Crippen LogP contribution in [-0.4, -0.2) is 6.54 Å². The molecule has 0 fully saturated rings. The zero-order valence-electron chi connectivity index (χ0n) is 10.9. The molecule has 1 atom stereocenters. The Kier molecular flexibility index (Phi) is 4.65. The van der Waals surface area contributed by atoms with Crippen molar-refractivity contribution in [3.05, 3.63) is 43.9 Å². The largest absolute Gasteiger partial charge is 0.464 e. The molecule has 0 aliphatic rings. The van der Waals surface area contributed by atoms with Gasteiger partial charge in [-0.25, -0.2) is 0 Å². The Morgan fingerprint density at radius 2 is 2.17 bits per heavy atom. The first-order chi connectivity index (χ1) is 8.65. The van der Waals surface area contributed by atoms with Crippen molar-refractivity contribution in [1.29, 1.82) is 0 Å². The lowest BCUT2D eigenvalue weighted by Gasteiger charge is -2.14. The molecule has 0 aliphatic heterocycles. The van der Waals surface area contributed by atoms with Gasteiger partial charge >= 0.3 is 0 Å². The Labute approximate surface area is 121 Å². The van der Waals surface area contributed by atoms with Crippen LogP contribution in [-0.2, 0) is 6.42 Å². The van der Waals surface area contributed by atoms with Crippen LogP contribution in [0.25, 0.3) is 0 Å². The van der Waals surface area contributed by atoms with Crippen LogP contribution >= 0.6 is 27.3 Å². The quantitative estimate of drug-likeness (QED) is 0.862. The van der Waals surface area contributed by atoms with Gasteiger partial charge in [0.2, 0.25) is 0 Å². The standard InChI is InChI=1S/C14H18BrNOS/c1-4-10-6-7-12(17-10)13(16-5-2)14-11(15)8-9(3)18-14/h6-8,13,16H,4-5H2,1-3H3. The zero-order valence-corrected chi connectivity index (χ0v) is 13.3. The number of thiophene rings is 1. The molecular formula is C14H18BrNOS. The first kappa shape index (κ1) is 13.8. The van der Waals surface area contributed by atoms with Crippen molar-refractivity contribution in [2.75, 3.05) is 6.54 Å². The second-order valence-corrected chi connectivity index (χ2v) is 6.36. The molecule has 0 saturated carbocycles. The highest BCUT2D eigenvalue weighted by Gasteiger charge is 2.21. The van der Waals surface area contributed by atoms with E-state index in [0.29, 0.717) is 0 Å². The molecule has 1 unspecified atom stereocenters. The van der Waals surface area contributed by atoms with Crippen molar-refractivity contribution in [2.24, 2.45) is 0 Å². The predicted molar refractivity (Wildman–Crippen MR) is 80.4 cm³/mol. The van der Waals surface area contributed by atoms with E-state index in [1.54, 1.807) is 11.3 Å². The second-order valence-electron chi connectivity index (χ2n) is 4.22. The lowest BCUT2D eigenvalue weighted by Crippen LogP contribution is -2.20. The van der Waals surface area contributed by atoms with E-state index in [9.17, 15) is 0 Å². The summed E-state index contributed by atoms with van der Waals surface area (Å²) in [7, 11) is 0. The number of hydrogen-bond donors (Lipinski definition) is 1. The van der Waals surface area contributed by atoms with Gasteiger partial charge in [0.15, 0.2) is 0 Å². The van der Waals surface area contributed by atoms with Gasteiger partial charge in [0.05, 0.1) is 0 Å². The minimum atomic E-state index is 0.142. The van der Waals surface area contributed by atoms with Gasteiger partial charge in [0.25, 0.3) is 0 Å². The van der Waals surface area contributed by atoms with Crippen LogP contribution in [0.2, 0.25) is 0 Å². The minimum Gasteiger partial charge on any atom is -0.464 e. The van der Waals surface area contributed by atoms with Crippen molar-refractivity contribution in [1.82, 2.24) is 5.32 Å². The molecule has 4 heteroatoms. The molecule has 2 rings (SSSR count). The molecule has 0 bridgehead atoms. The summed E-state index contributed by atoms with van der Waals surface area (Å²) in [5.74, 6) is 2.04. The fourth-order valence-corrected chi connectivity index (χ4v) is 3.93. The number of furan rings is 1. The van der Waals surface area contributed by atoms with Gasteiger partial charge in [-0.05, 0) is 47.6 Å². The van der Waals surface area contributed by atoms with E-state index in [0.717, 1.165) is 29.0 Å². The van der Waals surface area contributed by atoms with Crippen molar-refractivity contribution >= 4 is 27.3 Å². The molecule has 1 N–H and O–H groups in total. The fraction of sp³-hybridized carbons (Fsp3) is 0.429. The Hall–Kier alpha value is -0.580. The highest BCUT2D eigenvalue weighted by atomic mass is 79.9. The normalized spacial score (nSPS) is 12.9. The van der Waals surface area contributed by atoms with Gasteiger partial charge in [0, 0.05) is 20.6 Å². The Balaban J connectivity index is 2.36. The number of hydrogen-bond acceptors (Lipinski definition) is 3. The monoisotopic (exact) mass is 327 g/mol. The summed E-state index contributed by atoms with van der Waals surface area (Å²) in [5, 5.41) is 3.49. The third kappa shape index (κ3) is 2.87. The maximum absolute atomic E-state index is 5.89. The van der Waals surface area contributed by atoms with Crippen molar-refractivity contribution in [2.45, 2.75) is 33.2 Å². The van der Waals surface area contributed by atoms with Crippen LogP contribution in [0.1, 0.15) is 41.2 Å². The summed E-state index contributed by atoms with van der Waals surface area (Å²) in [6.07, 6.45) is 0.934. The second kappa shape index (κ2) is 6.04. The Bertz CT molecular complexity index is 518. The van der Waals surface area contributed by atoms with Gasteiger partial charge in [-0.15, -0.1) is 11.3 Å².